The summed E-state index contributed by atoms with van der Waals surface area (Å²) >= 11 is 0. The highest BCUT2D eigenvalue weighted by atomic mass is 19.3. The lowest BCUT2D eigenvalue weighted by Crippen LogP contribution is -2.53. The normalized spacial score (nSPS) is 35.5. The van der Waals surface area contributed by atoms with E-state index < -0.39 is 23.5 Å². The molecule has 7 heteroatoms. The minimum Gasteiger partial charge on any atom is -0.479 e. The van der Waals surface area contributed by atoms with E-state index >= 15 is 0 Å². The first-order valence-electron chi connectivity index (χ1n) is 5.55. The molecule has 3 atom stereocenters. The third-order valence-corrected chi connectivity index (χ3v) is 3.51. The monoisotopic (exact) mass is 250 g/mol. The summed E-state index contributed by atoms with van der Waals surface area (Å²) in [6.45, 7) is 0.847. The number of aliphatic hydroxyl groups is 1. The Morgan fingerprint density at radius 2 is 2.29 bits per heavy atom. The molecule has 0 bridgehead atoms. The number of fused-ring (bicyclic) bond motifs is 1. The van der Waals surface area contributed by atoms with Crippen molar-refractivity contribution in [2.45, 2.75) is 37.0 Å². The zero-order valence-electron chi connectivity index (χ0n) is 9.49. The highest BCUT2D eigenvalue weighted by molar-refractivity contribution is 5.76. The summed E-state index contributed by atoms with van der Waals surface area (Å²) in [6.07, 6.45) is 0.552. The van der Waals surface area contributed by atoms with Crippen LogP contribution in [0.3, 0.4) is 0 Å². The molecule has 17 heavy (non-hydrogen) atoms. The zero-order chi connectivity index (χ0) is 12.8. The van der Waals surface area contributed by atoms with Gasteiger partial charge in [0.05, 0.1) is 12.6 Å². The fourth-order valence-corrected chi connectivity index (χ4v) is 2.64. The summed E-state index contributed by atoms with van der Waals surface area (Å²) in [4.78, 5) is 12.2. The van der Waals surface area contributed by atoms with Crippen molar-refractivity contribution in [3.63, 3.8) is 0 Å². The van der Waals surface area contributed by atoms with Gasteiger partial charge in [-0.15, -0.1) is 0 Å². The highest BCUT2D eigenvalue weighted by Crippen LogP contribution is 2.36. The second-order valence-electron chi connectivity index (χ2n) is 5.03. The van der Waals surface area contributed by atoms with E-state index in [-0.39, 0.29) is 19.1 Å². The minimum atomic E-state index is -2.87. The van der Waals surface area contributed by atoms with Crippen molar-refractivity contribution in [2.24, 2.45) is 0 Å². The van der Waals surface area contributed by atoms with Gasteiger partial charge in [-0.2, -0.15) is 0 Å². The summed E-state index contributed by atoms with van der Waals surface area (Å²) in [5, 5.41) is 21.2. The Bertz CT molecular complexity index is 336. The van der Waals surface area contributed by atoms with Crippen molar-refractivity contribution < 1.29 is 23.8 Å². The fourth-order valence-electron chi connectivity index (χ4n) is 2.64. The van der Waals surface area contributed by atoms with Gasteiger partial charge < -0.3 is 15.5 Å². The first-order valence-corrected chi connectivity index (χ1v) is 5.55. The van der Waals surface area contributed by atoms with Gasteiger partial charge in [-0.3, -0.25) is 4.90 Å². The summed E-state index contributed by atoms with van der Waals surface area (Å²) < 4.78 is 27.2. The molecule has 98 valence electrons. The Labute approximate surface area is 97.4 Å². The van der Waals surface area contributed by atoms with Crippen molar-refractivity contribution in [3.05, 3.63) is 0 Å². The van der Waals surface area contributed by atoms with E-state index in [2.05, 4.69) is 5.32 Å². The number of β-amino-alcohol motifs (C(OH)–C–C–N with tert-alkyl or cyclic N) is 1. The van der Waals surface area contributed by atoms with E-state index in [0.717, 1.165) is 6.92 Å². The number of carboxylic acid groups (broad SMARTS) is 1. The fraction of sp³-hybridized carbons (Fsp3) is 0.900. The second kappa shape index (κ2) is 3.86. The number of nitrogens with one attached hydrogen (secondary N) is 1. The van der Waals surface area contributed by atoms with Crippen LogP contribution in [0.4, 0.5) is 8.78 Å². The summed E-state index contributed by atoms with van der Waals surface area (Å²) in [6, 6.07) is -1.32. The molecule has 2 saturated heterocycles. The van der Waals surface area contributed by atoms with Gasteiger partial charge in [0.25, 0.3) is 5.92 Å². The smallest absolute Gasteiger partial charge is 0.336 e. The number of aliphatic carboxylic acids is 1. The van der Waals surface area contributed by atoms with Gasteiger partial charge in [0.1, 0.15) is 0 Å². The first kappa shape index (κ1) is 12.7. The third-order valence-electron chi connectivity index (χ3n) is 3.51. The topological polar surface area (TPSA) is 72.8 Å². The number of carbonyl (C=O) groups is 1. The van der Waals surface area contributed by atoms with E-state index in [1.54, 1.807) is 0 Å². The van der Waals surface area contributed by atoms with Gasteiger partial charge >= 0.3 is 5.97 Å². The Balaban J connectivity index is 2.10. The van der Waals surface area contributed by atoms with Crippen LogP contribution in [0.5, 0.6) is 0 Å². The predicted octanol–water partition coefficient (Wildman–Crippen LogP) is -0.497. The van der Waals surface area contributed by atoms with Gasteiger partial charge in [-0.25, -0.2) is 13.6 Å². The van der Waals surface area contributed by atoms with Gasteiger partial charge in [0.15, 0.2) is 5.60 Å². The Kier molecular flexibility index (Phi) is 2.87. The van der Waals surface area contributed by atoms with Crippen LogP contribution in [0.2, 0.25) is 0 Å². The maximum absolute atomic E-state index is 13.6. The highest BCUT2D eigenvalue weighted by Gasteiger charge is 2.56. The van der Waals surface area contributed by atoms with Crippen molar-refractivity contribution >= 4 is 5.97 Å². The molecule has 0 radical (unpaired) electrons. The lowest BCUT2D eigenvalue weighted by atomic mass is 10.0. The lowest BCUT2D eigenvalue weighted by molar-refractivity contribution is -0.160. The number of rotatable bonds is 3. The van der Waals surface area contributed by atoms with Crippen LogP contribution >= 0.6 is 0 Å². The number of hydrogen-bond acceptors (Lipinski definition) is 4. The van der Waals surface area contributed by atoms with Crippen molar-refractivity contribution in [1.29, 1.82) is 0 Å². The predicted molar refractivity (Wildman–Crippen MR) is 55.0 cm³/mol. The summed E-state index contributed by atoms with van der Waals surface area (Å²) in [7, 11) is 0. The van der Waals surface area contributed by atoms with Crippen LogP contribution in [0, 0.1) is 0 Å². The molecular weight excluding hydrogens is 234 g/mol. The number of carboxylic acids is 1. The largest absolute Gasteiger partial charge is 0.479 e. The van der Waals surface area contributed by atoms with E-state index in [1.807, 2.05) is 0 Å². The molecule has 2 fully saturated rings. The second-order valence-corrected chi connectivity index (χ2v) is 5.03. The van der Waals surface area contributed by atoms with E-state index in [0.29, 0.717) is 13.0 Å². The minimum absolute atomic E-state index is 0.277. The van der Waals surface area contributed by atoms with Gasteiger partial charge in [0, 0.05) is 19.1 Å². The molecule has 0 spiro atoms. The average Bonchev–Trinajstić information content (AvgIpc) is 2.69. The molecule has 3 N–H and O–H groups in total. The van der Waals surface area contributed by atoms with Crippen LogP contribution in [-0.4, -0.2) is 64.3 Å². The first-order chi connectivity index (χ1) is 7.74. The Morgan fingerprint density at radius 3 is 2.88 bits per heavy atom. The van der Waals surface area contributed by atoms with Crippen LogP contribution < -0.4 is 5.32 Å². The molecule has 2 aliphatic heterocycles. The SMILES string of the molecule is CC(O)(CN1CC[C@@H]2NCC(F)(F)[C@@H]21)C(=O)O. The molecule has 0 amide bonds. The molecule has 0 aromatic carbocycles. The van der Waals surface area contributed by atoms with Crippen LogP contribution in [0.25, 0.3) is 0 Å². The van der Waals surface area contributed by atoms with Crippen LogP contribution in [0.1, 0.15) is 13.3 Å². The van der Waals surface area contributed by atoms with Crippen LogP contribution in [0.15, 0.2) is 0 Å². The van der Waals surface area contributed by atoms with E-state index in [1.165, 1.54) is 4.90 Å². The summed E-state index contributed by atoms with van der Waals surface area (Å²) in [5.74, 6) is -4.26. The molecular formula is C10H16F2N2O3. The van der Waals surface area contributed by atoms with Crippen molar-refractivity contribution in [1.82, 2.24) is 10.2 Å². The number of hydrogen-bond donors (Lipinski definition) is 3. The Morgan fingerprint density at radius 1 is 1.65 bits per heavy atom. The van der Waals surface area contributed by atoms with Crippen LogP contribution in [-0.2, 0) is 4.79 Å². The molecule has 0 aromatic rings. The average molecular weight is 250 g/mol. The van der Waals surface area contributed by atoms with Gasteiger partial charge in [-0.1, -0.05) is 0 Å². The standard InChI is InChI=1S/C10H16F2N2O3/c1-9(17,8(15)16)5-14-3-2-6-7(14)10(11,12)4-13-6/h6-7,13,17H,2-5H2,1H3,(H,15,16)/t6-,7+,9?/m0/s1. The van der Waals surface area contributed by atoms with Crippen molar-refractivity contribution in [3.8, 4) is 0 Å². The zero-order valence-corrected chi connectivity index (χ0v) is 9.49. The molecule has 0 saturated carbocycles. The molecule has 2 rings (SSSR count). The maximum atomic E-state index is 13.6. The van der Waals surface area contributed by atoms with E-state index in [4.69, 9.17) is 5.11 Å². The van der Waals surface area contributed by atoms with E-state index in [9.17, 15) is 18.7 Å². The number of nitrogens with zero attached hydrogens (tertiary/aromatic N) is 1. The number of halogens is 2. The molecule has 0 aliphatic carbocycles. The quantitative estimate of drug-likeness (QED) is 0.630. The Hall–Kier alpha value is -0.790. The number of likely N-dealkylation sites (tertiary alicyclic amines) is 1. The van der Waals surface area contributed by atoms with Gasteiger partial charge in [-0.05, 0) is 13.3 Å². The molecule has 2 heterocycles. The molecule has 1 unspecified atom stereocenters. The molecule has 0 aromatic heterocycles. The molecule has 2 aliphatic rings. The summed E-state index contributed by atoms with van der Waals surface area (Å²) in [5.41, 5.74) is -1.99. The lowest BCUT2D eigenvalue weighted by Gasteiger charge is -2.32. The van der Waals surface area contributed by atoms with Crippen molar-refractivity contribution in [2.75, 3.05) is 19.6 Å². The van der Waals surface area contributed by atoms with Gasteiger partial charge in [0.2, 0.25) is 0 Å². The maximum Gasteiger partial charge on any atom is 0.336 e. The molecule has 5 nitrogen and oxygen atoms in total. The number of alkyl halides is 2. The third kappa shape index (κ3) is 2.14.